The van der Waals surface area contributed by atoms with E-state index in [0.717, 1.165) is 11.1 Å². The number of aromatic nitrogens is 1. The van der Waals surface area contributed by atoms with Crippen molar-refractivity contribution >= 4 is 32.7 Å². The van der Waals surface area contributed by atoms with Gasteiger partial charge in [-0.3, -0.25) is 9.36 Å². The Balaban J connectivity index is 1.53. The van der Waals surface area contributed by atoms with Crippen LogP contribution in [-0.2, 0) is 21.9 Å². The summed E-state index contributed by atoms with van der Waals surface area (Å²) in [6.45, 7) is 4.43. The maximum atomic E-state index is 13.2. The van der Waals surface area contributed by atoms with Gasteiger partial charge in [0.05, 0.1) is 16.3 Å². The van der Waals surface area contributed by atoms with Crippen molar-refractivity contribution in [2.45, 2.75) is 31.6 Å². The van der Waals surface area contributed by atoms with E-state index in [-0.39, 0.29) is 22.9 Å². The van der Waals surface area contributed by atoms with Crippen molar-refractivity contribution in [2.24, 2.45) is 13.0 Å². The average Bonchev–Trinajstić information content (AvgIpc) is 3.04. The molecule has 0 aliphatic carbocycles. The lowest BCUT2D eigenvalue weighted by molar-refractivity contribution is -0.120. The van der Waals surface area contributed by atoms with Crippen molar-refractivity contribution in [3.8, 4) is 0 Å². The number of amides is 1. The standard InChI is InChI=1S/C22H25N3O5S/c1-14-6-7-17(11-15(14)2)23-21(26)16-5-4-10-25(13-16)31(28,29)18-8-9-19-20(12-18)30-22(27)24(19)3/h6-9,11-12,16H,4-5,10,13H2,1-3H3,(H,23,26). The number of rotatable bonds is 4. The van der Waals surface area contributed by atoms with Crippen molar-refractivity contribution in [3.05, 3.63) is 58.1 Å². The highest BCUT2D eigenvalue weighted by Gasteiger charge is 2.33. The zero-order valence-corrected chi connectivity index (χ0v) is 18.5. The predicted octanol–water partition coefficient (Wildman–Crippen LogP) is 2.79. The number of benzene rings is 2. The number of sulfonamides is 1. The molecule has 9 heteroatoms. The molecule has 1 N–H and O–H groups in total. The Morgan fingerprint density at radius 3 is 2.65 bits per heavy atom. The Hall–Kier alpha value is -2.91. The summed E-state index contributed by atoms with van der Waals surface area (Å²) in [7, 11) is -2.27. The van der Waals surface area contributed by atoms with Crippen LogP contribution in [0.4, 0.5) is 5.69 Å². The molecule has 31 heavy (non-hydrogen) atoms. The molecule has 0 spiro atoms. The van der Waals surface area contributed by atoms with Gasteiger partial charge in [-0.05, 0) is 62.1 Å². The number of nitrogens with zero attached hydrogens (tertiary/aromatic N) is 2. The van der Waals surface area contributed by atoms with E-state index in [9.17, 15) is 18.0 Å². The minimum Gasteiger partial charge on any atom is -0.408 e. The molecule has 2 aromatic carbocycles. The van der Waals surface area contributed by atoms with Crippen molar-refractivity contribution in [1.82, 2.24) is 8.87 Å². The van der Waals surface area contributed by atoms with Crippen LogP contribution >= 0.6 is 0 Å². The molecule has 1 aliphatic rings. The Bertz CT molecular complexity index is 1320. The first-order valence-corrected chi connectivity index (χ1v) is 11.6. The molecule has 1 fully saturated rings. The van der Waals surface area contributed by atoms with Crippen LogP contribution in [-0.4, -0.2) is 36.3 Å². The highest BCUT2D eigenvalue weighted by molar-refractivity contribution is 7.89. The monoisotopic (exact) mass is 443 g/mol. The van der Waals surface area contributed by atoms with Gasteiger partial charge in [0, 0.05) is 31.9 Å². The molecule has 2 heterocycles. The molecule has 1 aliphatic heterocycles. The molecular weight excluding hydrogens is 418 g/mol. The van der Waals surface area contributed by atoms with Gasteiger partial charge in [0.2, 0.25) is 15.9 Å². The molecule has 0 radical (unpaired) electrons. The zero-order valence-electron chi connectivity index (χ0n) is 17.7. The van der Waals surface area contributed by atoms with Gasteiger partial charge in [0.25, 0.3) is 0 Å². The third kappa shape index (κ3) is 4.03. The normalized spacial score (nSPS) is 17.7. The molecule has 8 nitrogen and oxygen atoms in total. The SMILES string of the molecule is Cc1ccc(NC(=O)C2CCCN(S(=O)(=O)c3ccc4c(c3)oc(=O)n4C)C2)cc1C. The number of oxazole rings is 1. The smallest absolute Gasteiger partial charge is 0.408 e. The summed E-state index contributed by atoms with van der Waals surface area (Å²) in [6.07, 6.45) is 1.21. The topological polar surface area (TPSA) is 102 Å². The second-order valence-electron chi connectivity index (χ2n) is 8.05. The van der Waals surface area contributed by atoms with E-state index in [1.54, 1.807) is 13.1 Å². The lowest BCUT2D eigenvalue weighted by Gasteiger charge is -2.31. The van der Waals surface area contributed by atoms with Crippen molar-refractivity contribution in [1.29, 1.82) is 0 Å². The minimum absolute atomic E-state index is 0.0459. The van der Waals surface area contributed by atoms with Crippen molar-refractivity contribution in [2.75, 3.05) is 18.4 Å². The second-order valence-corrected chi connectivity index (χ2v) is 9.98. The van der Waals surface area contributed by atoms with Crippen molar-refractivity contribution in [3.63, 3.8) is 0 Å². The van der Waals surface area contributed by atoms with E-state index < -0.39 is 21.7 Å². The lowest BCUT2D eigenvalue weighted by atomic mass is 9.98. The van der Waals surface area contributed by atoms with E-state index in [4.69, 9.17) is 4.42 Å². The van der Waals surface area contributed by atoms with Crippen LogP contribution in [0, 0.1) is 19.8 Å². The summed E-state index contributed by atoms with van der Waals surface area (Å²) < 4.78 is 34.2. The average molecular weight is 444 g/mol. The van der Waals surface area contributed by atoms with Crippen LogP contribution < -0.4 is 11.1 Å². The number of aryl methyl sites for hydroxylation is 3. The lowest BCUT2D eigenvalue weighted by Crippen LogP contribution is -2.43. The summed E-state index contributed by atoms with van der Waals surface area (Å²) in [5.74, 6) is -1.18. The summed E-state index contributed by atoms with van der Waals surface area (Å²) >= 11 is 0. The second kappa shape index (κ2) is 7.97. The van der Waals surface area contributed by atoms with E-state index in [2.05, 4.69) is 5.32 Å². The van der Waals surface area contributed by atoms with Crippen LogP contribution in [0.5, 0.6) is 0 Å². The van der Waals surface area contributed by atoms with E-state index >= 15 is 0 Å². The van der Waals surface area contributed by atoms with Gasteiger partial charge in [0.15, 0.2) is 5.58 Å². The fraction of sp³-hybridized carbons (Fsp3) is 0.364. The first-order chi connectivity index (χ1) is 14.7. The van der Waals surface area contributed by atoms with Crippen molar-refractivity contribution < 1.29 is 17.6 Å². The first-order valence-electron chi connectivity index (χ1n) is 10.1. The number of fused-ring (bicyclic) bond motifs is 1. The van der Waals surface area contributed by atoms with Gasteiger partial charge in [-0.2, -0.15) is 4.31 Å². The summed E-state index contributed by atoms with van der Waals surface area (Å²) in [5.41, 5.74) is 3.66. The molecule has 164 valence electrons. The Labute approximate surface area is 180 Å². The van der Waals surface area contributed by atoms with Crippen LogP contribution in [0.1, 0.15) is 24.0 Å². The Morgan fingerprint density at radius 2 is 1.90 bits per heavy atom. The fourth-order valence-electron chi connectivity index (χ4n) is 3.86. The summed E-state index contributed by atoms with van der Waals surface area (Å²) in [6, 6.07) is 10.1. The van der Waals surface area contributed by atoms with Gasteiger partial charge in [-0.15, -0.1) is 0 Å². The molecular formula is C22H25N3O5S. The third-order valence-electron chi connectivity index (χ3n) is 5.93. The highest BCUT2D eigenvalue weighted by Crippen LogP contribution is 2.27. The minimum atomic E-state index is -3.83. The van der Waals surface area contributed by atoms with Gasteiger partial charge in [-0.1, -0.05) is 6.07 Å². The van der Waals surface area contributed by atoms with Crippen LogP contribution in [0.3, 0.4) is 0 Å². The number of carbonyl (C=O) groups excluding carboxylic acids is 1. The van der Waals surface area contributed by atoms with Crippen LogP contribution in [0.15, 0.2) is 50.5 Å². The maximum absolute atomic E-state index is 13.2. The van der Waals surface area contributed by atoms with Crippen LogP contribution in [0.25, 0.3) is 11.1 Å². The predicted molar refractivity (Wildman–Crippen MR) is 117 cm³/mol. The zero-order chi connectivity index (χ0) is 22.3. The summed E-state index contributed by atoms with van der Waals surface area (Å²) in [4.78, 5) is 24.5. The number of hydrogen-bond acceptors (Lipinski definition) is 5. The molecule has 3 aromatic rings. The Morgan fingerprint density at radius 1 is 1.13 bits per heavy atom. The molecule has 1 aromatic heterocycles. The molecule has 1 amide bonds. The van der Waals surface area contributed by atoms with Gasteiger partial charge in [-0.25, -0.2) is 13.2 Å². The van der Waals surface area contributed by atoms with Gasteiger partial charge in [0.1, 0.15) is 0 Å². The third-order valence-corrected chi connectivity index (χ3v) is 7.79. The number of hydrogen-bond donors (Lipinski definition) is 1. The van der Waals surface area contributed by atoms with E-state index in [1.807, 2.05) is 32.0 Å². The molecule has 1 atom stereocenters. The summed E-state index contributed by atoms with van der Waals surface area (Å²) in [5, 5.41) is 2.91. The number of anilines is 1. The number of nitrogens with one attached hydrogen (secondary N) is 1. The molecule has 0 bridgehead atoms. The van der Waals surface area contributed by atoms with E-state index in [1.165, 1.54) is 21.0 Å². The first kappa shape index (κ1) is 21.3. The largest absolute Gasteiger partial charge is 0.419 e. The fourth-order valence-corrected chi connectivity index (χ4v) is 5.40. The quantitative estimate of drug-likeness (QED) is 0.668. The van der Waals surface area contributed by atoms with Gasteiger partial charge < -0.3 is 9.73 Å². The highest BCUT2D eigenvalue weighted by atomic mass is 32.2. The van der Waals surface area contributed by atoms with Crippen LogP contribution in [0.2, 0.25) is 0 Å². The number of piperidine rings is 1. The molecule has 4 rings (SSSR count). The van der Waals surface area contributed by atoms with E-state index in [0.29, 0.717) is 30.6 Å². The molecule has 1 saturated heterocycles. The maximum Gasteiger partial charge on any atom is 0.419 e. The molecule has 0 saturated carbocycles. The molecule has 1 unspecified atom stereocenters. The number of carbonyl (C=O) groups is 1. The van der Waals surface area contributed by atoms with Gasteiger partial charge >= 0.3 is 5.76 Å². The Kier molecular flexibility index (Phi) is 5.49.